The van der Waals surface area contributed by atoms with Crippen LogP contribution in [0.2, 0.25) is 0 Å². The summed E-state index contributed by atoms with van der Waals surface area (Å²) in [6.45, 7) is 2.79. The molecule has 0 saturated heterocycles. The van der Waals surface area contributed by atoms with Gasteiger partial charge in [0.05, 0.1) is 0 Å². The normalized spacial score (nSPS) is 10.5. The van der Waals surface area contributed by atoms with Crippen molar-refractivity contribution in [3.8, 4) is 0 Å². The molecule has 0 heterocycles. The maximum atomic E-state index is 12.3. The molecule has 2 rings (SSSR count). The van der Waals surface area contributed by atoms with Gasteiger partial charge in [0.25, 0.3) is 11.8 Å². The van der Waals surface area contributed by atoms with E-state index < -0.39 is 0 Å². The molecule has 0 saturated carbocycles. The molecule has 0 fully saturated rings. The van der Waals surface area contributed by atoms with Gasteiger partial charge in [-0.15, -0.1) is 0 Å². The number of hydrogen-bond acceptors (Lipinski definition) is 4. The number of amides is 2. The number of nitrogens with zero attached hydrogens (tertiary/aromatic N) is 1. The first-order valence-electron chi connectivity index (χ1n) is 8.32. The summed E-state index contributed by atoms with van der Waals surface area (Å²) in [5, 5.41) is 5.57. The number of carbonyl (C=O) groups excluding carboxylic acids is 3. The van der Waals surface area contributed by atoms with Crippen molar-refractivity contribution in [2.75, 3.05) is 32.5 Å². The van der Waals surface area contributed by atoms with Crippen LogP contribution in [0.25, 0.3) is 0 Å². The third-order valence-electron chi connectivity index (χ3n) is 3.78. The lowest BCUT2D eigenvalue weighted by Crippen LogP contribution is -2.31. The van der Waals surface area contributed by atoms with Gasteiger partial charge in [0, 0.05) is 35.5 Å². The third kappa shape index (κ3) is 5.53. The maximum absolute atomic E-state index is 12.3. The summed E-state index contributed by atoms with van der Waals surface area (Å²) in [6, 6.07) is 13.2. The van der Waals surface area contributed by atoms with Crippen LogP contribution in [0.3, 0.4) is 0 Å². The van der Waals surface area contributed by atoms with Crippen LogP contribution < -0.4 is 10.6 Å². The van der Waals surface area contributed by atoms with E-state index in [1.807, 2.05) is 19.0 Å². The number of likely N-dealkylation sites (N-methyl/N-ethyl adjacent to an activating group) is 1. The van der Waals surface area contributed by atoms with E-state index in [2.05, 4.69) is 10.6 Å². The van der Waals surface area contributed by atoms with E-state index in [1.165, 1.54) is 6.92 Å². The molecule has 0 aliphatic carbocycles. The van der Waals surface area contributed by atoms with Gasteiger partial charge in [-0.2, -0.15) is 0 Å². The average molecular weight is 353 g/mol. The molecule has 6 nitrogen and oxygen atoms in total. The fourth-order valence-corrected chi connectivity index (χ4v) is 2.29. The first kappa shape index (κ1) is 19.3. The monoisotopic (exact) mass is 353 g/mol. The molecule has 0 aromatic heterocycles. The zero-order valence-electron chi connectivity index (χ0n) is 15.2. The number of benzene rings is 2. The zero-order valence-corrected chi connectivity index (χ0v) is 15.2. The minimum atomic E-state index is -0.301. The van der Waals surface area contributed by atoms with Crippen LogP contribution in [-0.2, 0) is 0 Å². The molecule has 2 N–H and O–H groups in total. The molecule has 2 aromatic rings. The minimum absolute atomic E-state index is 0.0641. The van der Waals surface area contributed by atoms with E-state index in [9.17, 15) is 14.4 Å². The lowest BCUT2D eigenvalue weighted by molar-refractivity contribution is 0.0948. The molecule has 0 radical (unpaired) electrons. The summed E-state index contributed by atoms with van der Waals surface area (Å²) < 4.78 is 0. The summed E-state index contributed by atoms with van der Waals surface area (Å²) >= 11 is 0. The number of hydrogen-bond donors (Lipinski definition) is 2. The number of nitrogens with one attached hydrogen (secondary N) is 2. The van der Waals surface area contributed by atoms with Gasteiger partial charge in [0.2, 0.25) is 0 Å². The third-order valence-corrected chi connectivity index (χ3v) is 3.78. The van der Waals surface area contributed by atoms with Gasteiger partial charge < -0.3 is 15.5 Å². The van der Waals surface area contributed by atoms with Crippen LogP contribution in [0.15, 0.2) is 48.5 Å². The Balaban J connectivity index is 1.99. The Bertz CT molecular complexity index is 798. The van der Waals surface area contributed by atoms with Crippen LogP contribution in [0.5, 0.6) is 0 Å². The Morgan fingerprint density at radius 1 is 0.885 bits per heavy atom. The second-order valence-electron chi connectivity index (χ2n) is 6.23. The molecule has 0 spiro atoms. The van der Waals surface area contributed by atoms with E-state index in [1.54, 1.807) is 48.5 Å². The van der Waals surface area contributed by atoms with Gasteiger partial charge >= 0.3 is 0 Å². The van der Waals surface area contributed by atoms with Crippen molar-refractivity contribution in [3.63, 3.8) is 0 Å². The zero-order chi connectivity index (χ0) is 19.1. The van der Waals surface area contributed by atoms with Crippen molar-refractivity contribution in [2.24, 2.45) is 0 Å². The van der Waals surface area contributed by atoms with Gasteiger partial charge in [-0.05, 0) is 57.4 Å². The van der Waals surface area contributed by atoms with E-state index in [0.29, 0.717) is 28.9 Å². The van der Waals surface area contributed by atoms with E-state index >= 15 is 0 Å². The Morgan fingerprint density at radius 2 is 1.50 bits per heavy atom. The molecule has 2 amide bonds. The highest BCUT2D eigenvalue weighted by molar-refractivity contribution is 6.05. The fourth-order valence-electron chi connectivity index (χ4n) is 2.29. The first-order valence-corrected chi connectivity index (χ1v) is 8.32. The van der Waals surface area contributed by atoms with Crippen molar-refractivity contribution in [2.45, 2.75) is 6.92 Å². The van der Waals surface area contributed by atoms with Crippen molar-refractivity contribution in [1.29, 1.82) is 0 Å². The van der Waals surface area contributed by atoms with Crippen molar-refractivity contribution >= 4 is 23.3 Å². The van der Waals surface area contributed by atoms with Gasteiger partial charge in [0.1, 0.15) is 0 Å². The number of ketones is 1. The molecule has 6 heteroatoms. The van der Waals surface area contributed by atoms with Crippen molar-refractivity contribution in [3.05, 3.63) is 65.2 Å². The predicted molar refractivity (Wildman–Crippen MR) is 102 cm³/mol. The van der Waals surface area contributed by atoms with Gasteiger partial charge in [-0.25, -0.2) is 0 Å². The summed E-state index contributed by atoms with van der Waals surface area (Å²) in [7, 11) is 3.87. The Morgan fingerprint density at radius 3 is 2.08 bits per heavy atom. The van der Waals surface area contributed by atoms with E-state index in [0.717, 1.165) is 6.54 Å². The summed E-state index contributed by atoms with van der Waals surface area (Å²) in [5.41, 5.74) is 2.02. The van der Waals surface area contributed by atoms with Crippen LogP contribution in [0.1, 0.15) is 38.0 Å². The minimum Gasteiger partial charge on any atom is -0.351 e. The lowest BCUT2D eigenvalue weighted by atomic mass is 10.1. The fraction of sp³-hybridized carbons (Fsp3) is 0.250. The quantitative estimate of drug-likeness (QED) is 0.750. The molecule has 0 atom stereocenters. The average Bonchev–Trinajstić information content (AvgIpc) is 2.61. The highest BCUT2D eigenvalue weighted by Gasteiger charge is 2.10. The molecule has 0 unspecified atom stereocenters. The predicted octanol–water partition coefficient (Wildman–Crippen LogP) is 2.43. The Labute approximate surface area is 153 Å². The van der Waals surface area contributed by atoms with Gasteiger partial charge in [0.15, 0.2) is 5.78 Å². The van der Waals surface area contributed by atoms with Crippen LogP contribution in [-0.4, -0.2) is 49.7 Å². The molecule has 0 aliphatic heterocycles. The molecular weight excluding hydrogens is 330 g/mol. The maximum Gasteiger partial charge on any atom is 0.255 e. The smallest absolute Gasteiger partial charge is 0.255 e. The van der Waals surface area contributed by atoms with E-state index in [4.69, 9.17) is 0 Å². The molecule has 26 heavy (non-hydrogen) atoms. The van der Waals surface area contributed by atoms with Crippen LogP contribution in [0, 0.1) is 0 Å². The Kier molecular flexibility index (Phi) is 6.63. The standard InChI is InChI=1S/C20H23N3O3/c1-14(24)17-5-4-6-18(13-17)22-20(26)16-9-7-15(8-10-16)19(25)21-11-12-23(2)3/h4-10,13H,11-12H2,1-3H3,(H,21,25)(H,22,26). The van der Waals surface area contributed by atoms with Gasteiger partial charge in [-0.1, -0.05) is 12.1 Å². The number of rotatable bonds is 7. The topological polar surface area (TPSA) is 78.5 Å². The SMILES string of the molecule is CC(=O)c1cccc(NC(=O)c2ccc(C(=O)NCCN(C)C)cc2)c1. The van der Waals surface area contributed by atoms with E-state index in [-0.39, 0.29) is 17.6 Å². The lowest BCUT2D eigenvalue weighted by Gasteiger charge is -2.11. The highest BCUT2D eigenvalue weighted by atomic mass is 16.2. The van der Waals surface area contributed by atoms with Crippen LogP contribution in [0.4, 0.5) is 5.69 Å². The largest absolute Gasteiger partial charge is 0.351 e. The Hall–Kier alpha value is -2.99. The summed E-state index contributed by atoms with van der Waals surface area (Å²) in [5.74, 6) is -0.538. The molecule has 136 valence electrons. The van der Waals surface area contributed by atoms with Crippen molar-refractivity contribution < 1.29 is 14.4 Å². The number of anilines is 1. The van der Waals surface area contributed by atoms with Crippen molar-refractivity contribution in [1.82, 2.24) is 10.2 Å². The van der Waals surface area contributed by atoms with Crippen LogP contribution >= 0.6 is 0 Å². The molecule has 0 bridgehead atoms. The highest BCUT2D eigenvalue weighted by Crippen LogP contribution is 2.13. The number of Topliss-reactive ketones (excluding diaryl/α,β-unsaturated/α-hetero) is 1. The summed E-state index contributed by atoms with van der Waals surface area (Å²) in [6.07, 6.45) is 0. The first-order chi connectivity index (χ1) is 12.4. The van der Waals surface area contributed by atoms with Gasteiger partial charge in [-0.3, -0.25) is 14.4 Å². The summed E-state index contributed by atoms with van der Waals surface area (Å²) in [4.78, 5) is 37.8. The molecule has 2 aromatic carbocycles. The number of carbonyl (C=O) groups is 3. The molecular formula is C20H23N3O3. The second kappa shape index (κ2) is 8.92. The molecule has 0 aliphatic rings. The second-order valence-corrected chi connectivity index (χ2v) is 6.23.